The summed E-state index contributed by atoms with van der Waals surface area (Å²) in [4.78, 5) is 19.9. The molecule has 1 unspecified atom stereocenters. The predicted molar refractivity (Wildman–Crippen MR) is 105 cm³/mol. The van der Waals surface area contributed by atoms with E-state index in [1.54, 1.807) is 10.7 Å². The Labute approximate surface area is 161 Å². The first-order valence-corrected chi connectivity index (χ1v) is 9.97. The summed E-state index contributed by atoms with van der Waals surface area (Å²) < 4.78 is 7.23. The molecule has 2 aromatic heterocycles. The van der Waals surface area contributed by atoms with Gasteiger partial charge in [0, 0.05) is 37.1 Å². The van der Waals surface area contributed by atoms with Crippen LogP contribution in [0.15, 0.2) is 12.3 Å². The zero-order valence-corrected chi connectivity index (χ0v) is 16.9. The number of amides is 1. The summed E-state index contributed by atoms with van der Waals surface area (Å²) in [6, 6.07) is 2.29. The van der Waals surface area contributed by atoms with Crippen molar-refractivity contribution in [3.8, 4) is 0 Å². The fourth-order valence-corrected chi connectivity index (χ4v) is 4.06. The minimum Gasteiger partial charge on any atom is -0.379 e. The molecule has 1 saturated heterocycles. The second-order valence-electron chi connectivity index (χ2n) is 7.33. The van der Waals surface area contributed by atoms with Crippen LogP contribution in [-0.4, -0.2) is 64.3 Å². The van der Waals surface area contributed by atoms with Crippen molar-refractivity contribution in [2.75, 3.05) is 32.8 Å². The quantitative estimate of drug-likeness (QED) is 0.806. The van der Waals surface area contributed by atoms with E-state index in [0.717, 1.165) is 50.5 Å². The number of rotatable bonds is 7. The van der Waals surface area contributed by atoms with Gasteiger partial charge in [-0.3, -0.25) is 9.69 Å². The van der Waals surface area contributed by atoms with Crippen molar-refractivity contribution in [1.82, 2.24) is 24.8 Å². The molecule has 0 spiro atoms. The van der Waals surface area contributed by atoms with Crippen LogP contribution in [0.5, 0.6) is 0 Å². The fraction of sp³-hybridized carbons (Fsp3) is 0.650. The second kappa shape index (κ2) is 8.80. The van der Waals surface area contributed by atoms with Crippen molar-refractivity contribution in [3.63, 3.8) is 0 Å². The van der Waals surface area contributed by atoms with Crippen LogP contribution in [0.2, 0.25) is 0 Å². The number of nitrogens with one attached hydrogen (secondary N) is 1. The predicted octanol–water partition coefficient (Wildman–Crippen LogP) is 2.21. The molecule has 1 N–H and O–H groups in total. The van der Waals surface area contributed by atoms with Gasteiger partial charge in [-0.2, -0.15) is 5.10 Å². The molecule has 1 amide bonds. The van der Waals surface area contributed by atoms with Gasteiger partial charge in [0.1, 0.15) is 5.56 Å². The number of hydrogen-bond acceptors (Lipinski definition) is 5. The highest BCUT2D eigenvalue weighted by Crippen LogP contribution is 2.20. The number of nitrogens with zero attached hydrogens (tertiary/aromatic N) is 4. The maximum atomic E-state index is 12.9. The maximum absolute atomic E-state index is 12.9. The summed E-state index contributed by atoms with van der Waals surface area (Å²) in [5.74, 6) is 0.446. The van der Waals surface area contributed by atoms with E-state index >= 15 is 0 Å². The van der Waals surface area contributed by atoms with Gasteiger partial charge < -0.3 is 10.1 Å². The van der Waals surface area contributed by atoms with Gasteiger partial charge in [-0.1, -0.05) is 26.7 Å². The number of carbonyl (C=O) groups excluding carboxylic acids is 1. The van der Waals surface area contributed by atoms with E-state index < -0.39 is 0 Å². The lowest BCUT2D eigenvalue weighted by atomic mass is 9.92. The average Bonchev–Trinajstić information content (AvgIpc) is 3.10. The Morgan fingerprint density at radius 2 is 1.96 bits per heavy atom. The number of aryl methyl sites for hydroxylation is 2. The van der Waals surface area contributed by atoms with E-state index in [-0.39, 0.29) is 5.91 Å². The molecular weight excluding hydrogens is 342 g/mol. The molecular formula is C20H31N5O2. The van der Waals surface area contributed by atoms with Gasteiger partial charge >= 0.3 is 0 Å². The van der Waals surface area contributed by atoms with Crippen LogP contribution in [0.25, 0.3) is 5.65 Å². The number of morpholine rings is 1. The van der Waals surface area contributed by atoms with E-state index in [1.165, 1.54) is 0 Å². The van der Waals surface area contributed by atoms with Gasteiger partial charge in [-0.25, -0.2) is 9.50 Å². The number of ether oxygens (including phenoxy) is 1. The third kappa shape index (κ3) is 4.30. The molecule has 148 valence electrons. The third-order valence-corrected chi connectivity index (χ3v) is 5.60. The molecule has 1 atom stereocenters. The van der Waals surface area contributed by atoms with E-state index in [9.17, 15) is 4.79 Å². The fourth-order valence-electron chi connectivity index (χ4n) is 4.06. The van der Waals surface area contributed by atoms with E-state index in [4.69, 9.17) is 4.74 Å². The topological polar surface area (TPSA) is 71.8 Å². The lowest BCUT2D eigenvalue weighted by molar-refractivity contribution is 0.00192. The van der Waals surface area contributed by atoms with Crippen molar-refractivity contribution in [1.29, 1.82) is 0 Å². The average molecular weight is 374 g/mol. The molecule has 7 nitrogen and oxygen atoms in total. The van der Waals surface area contributed by atoms with Gasteiger partial charge in [0.05, 0.1) is 19.4 Å². The first kappa shape index (κ1) is 19.8. The van der Waals surface area contributed by atoms with Crippen molar-refractivity contribution in [2.24, 2.45) is 5.92 Å². The molecule has 3 rings (SSSR count). The number of carbonyl (C=O) groups is 1. The molecule has 0 radical (unpaired) electrons. The minimum atomic E-state index is -0.105. The summed E-state index contributed by atoms with van der Waals surface area (Å²) in [7, 11) is 0. The SMILES string of the molecule is CCC(CC)C(CNC(=O)c1cnn2c(C)cc(C)nc12)N1CCOCC1. The zero-order chi connectivity index (χ0) is 19.4. The Balaban J connectivity index is 1.75. The van der Waals surface area contributed by atoms with E-state index in [1.807, 2.05) is 19.9 Å². The summed E-state index contributed by atoms with van der Waals surface area (Å²) in [5.41, 5.74) is 3.01. The number of fused-ring (bicyclic) bond motifs is 1. The number of aromatic nitrogens is 3. The summed E-state index contributed by atoms with van der Waals surface area (Å²) >= 11 is 0. The van der Waals surface area contributed by atoms with Crippen LogP contribution in [0.4, 0.5) is 0 Å². The monoisotopic (exact) mass is 373 g/mol. The van der Waals surface area contributed by atoms with Crippen LogP contribution >= 0.6 is 0 Å². The smallest absolute Gasteiger partial charge is 0.256 e. The van der Waals surface area contributed by atoms with Gasteiger partial charge in [-0.15, -0.1) is 0 Å². The summed E-state index contributed by atoms with van der Waals surface area (Å²) in [6.07, 6.45) is 3.82. The van der Waals surface area contributed by atoms with Crippen LogP contribution < -0.4 is 5.32 Å². The molecule has 7 heteroatoms. The Morgan fingerprint density at radius 1 is 1.26 bits per heavy atom. The highest BCUT2D eigenvalue weighted by molar-refractivity contribution is 5.99. The second-order valence-corrected chi connectivity index (χ2v) is 7.33. The molecule has 2 aromatic rings. The van der Waals surface area contributed by atoms with Gasteiger partial charge in [0.25, 0.3) is 5.91 Å². The van der Waals surface area contributed by atoms with Crippen LogP contribution in [0, 0.1) is 19.8 Å². The Kier molecular flexibility index (Phi) is 6.44. The lowest BCUT2D eigenvalue weighted by Crippen LogP contribution is -2.52. The molecule has 3 heterocycles. The molecule has 1 aliphatic heterocycles. The number of hydrogen-bond donors (Lipinski definition) is 1. The normalized spacial score (nSPS) is 16.8. The lowest BCUT2D eigenvalue weighted by Gasteiger charge is -2.38. The van der Waals surface area contributed by atoms with Gasteiger partial charge in [0.15, 0.2) is 5.65 Å². The zero-order valence-electron chi connectivity index (χ0n) is 16.9. The standard InChI is InChI=1S/C20H31N5O2/c1-5-16(6-2)18(24-7-9-27-10-8-24)13-21-20(26)17-12-22-25-15(4)11-14(3)23-19(17)25/h11-12,16,18H,5-10,13H2,1-4H3,(H,21,26). The first-order chi connectivity index (χ1) is 13.0. The molecule has 0 saturated carbocycles. The minimum absolute atomic E-state index is 0.105. The molecule has 1 aliphatic rings. The third-order valence-electron chi connectivity index (χ3n) is 5.60. The molecule has 0 aliphatic carbocycles. The van der Waals surface area contributed by atoms with Crippen LogP contribution in [0.1, 0.15) is 48.4 Å². The highest BCUT2D eigenvalue weighted by atomic mass is 16.5. The first-order valence-electron chi connectivity index (χ1n) is 9.97. The van der Waals surface area contributed by atoms with Gasteiger partial charge in [-0.05, 0) is 25.8 Å². The Morgan fingerprint density at radius 3 is 2.63 bits per heavy atom. The highest BCUT2D eigenvalue weighted by Gasteiger charge is 2.28. The molecule has 27 heavy (non-hydrogen) atoms. The van der Waals surface area contributed by atoms with Crippen molar-refractivity contribution >= 4 is 11.6 Å². The largest absolute Gasteiger partial charge is 0.379 e. The summed E-state index contributed by atoms with van der Waals surface area (Å²) in [5, 5.41) is 7.48. The maximum Gasteiger partial charge on any atom is 0.256 e. The summed E-state index contributed by atoms with van der Waals surface area (Å²) in [6.45, 7) is 12.4. The van der Waals surface area contributed by atoms with Crippen molar-refractivity contribution in [3.05, 3.63) is 29.2 Å². The van der Waals surface area contributed by atoms with E-state index in [0.29, 0.717) is 29.7 Å². The molecule has 0 bridgehead atoms. The Hall–Kier alpha value is -1.99. The van der Waals surface area contributed by atoms with E-state index in [2.05, 4.69) is 34.1 Å². The van der Waals surface area contributed by atoms with Gasteiger partial charge in [0.2, 0.25) is 0 Å². The van der Waals surface area contributed by atoms with Crippen LogP contribution in [-0.2, 0) is 4.74 Å². The van der Waals surface area contributed by atoms with Crippen molar-refractivity contribution < 1.29 is 9.53 Å². The Bertz CT molecular complexity index is 778. The molecule has 0 aromatic carbocycles. The molecule has 1 fully saturated rings. The van der Waals surface area contributed by atoms with Crippen LogP contribution in [0.3, 0.4) is 0 Å². The van der Waals surface area contributed by atoms with Crippen molar-refractivity contribution in [2.45, 2.75) is 46.6 Å².